The van der Waals surface area contributed by atoms with Crippen molar-refractivity contribution in [2.75, 3.05) is 6.54 Å². The monoisotopic (exact) mass is 235 g/mol. The molecular weight excluding hydrogens is 210 g/mol. The molecule has 1 N–H and O–H groups in total. The lowest BCUT2D eigenvalue weighted by Gasteiger charge is -2.10. The second-order valence-corrected chi connectivity index (χ2v) is 5.17. The van der Waals surface area contributed by atoms with Gasteiger partial charge in [0.25, 0.3) is 0 Å². The van der Waals surface area contributed by atoms with Gasteiger partial charge in [-0.2, -0.15) is 0 Å². The van der Waals surface area contributed by atoms with Crippen molar-refractivity contribution in [2.45, 2.75) is 46.8 Å². The van der Waals surface area contributed by atoms with Gasteiger partial charge in [-0.25, -0.2) is 0 Å². The zero-order valence-electron chi connectivity index (χ0n) is 11.5. The van der Waals surface area contributed by atoms with E-state index in [1.165, 1.54) is 12.0 Å². The van der Waals surface area contributed by atoms with Crippen LogP contribution < -0.4 is 10.1 Å². The summed E-state index contributed by atoms with van der Waals surface area (Å²) in [5.41, 5.74) is 1.31. The summed E-state index contributed by atoms with van der Waals surface area (Å²) in [4.78, 5) is 0. The lowest BCUT2D eigenvalue weighted by molar-refractivity contribution is 0.242. The van der Waals surface area contributed by atoms with Gasteiger partial charge >= 0.3 is 0 Å². The van der Waals surface area contributed by atoms with Crippen molar-refractivity contribution >= 4 is 0 Å². The smallest absolute Gasteiger partial charge is 0.119 e. The highest BCUT2D eigenvalue weighted by atomic mass is 16.5. The molecule has 0 amide bonds. The predicted molar refractivity (Wildman–Crippen MR) is 73.4 cm³/mol. The average Bonchev–Trinajstić information content (AvgIpc) is 2.25. The second-order valence-electron chi connectivity index (χ2n) is 5.17. The van der Waals surface area contributed by atoms with E-state index >= 15 is 0 Å². The molecule has 0 aliphatic carbocycles. The van der Waals surface area contributed by atoms with Gasteiger partial charge in [0.05, 0.1) is 6.10 Å². The van der Waals surface area contributed by atoms with Crippen LogP contribution in [0.3, 0.4) is 0 Å². The van der Waals surface area contributed by atoms with Crippen LogP contribution in [0.2, 0.25) is 0 Å². The molecule has 0 radical (unpaired) electrons. The molecule has 1 aromatic rings. The normalized spacial score (nSPS) is 11.2. The summed E-state index contributed by atoms with van der Waals surface area (Å²) in [6.45, 7) is 10.6. The van der Waals surface area contributed by atoms with Crippen LogP contribution in [-0.2, 0) is 6.54 Å². The number of nitrogens with one attached hydrogen (secondary N) is 1. The van der Waals surface area contributed by atoms with E-state index in [1.54, 1.807) is 0 Å². The molecule has 0 saturated heterocycles. The van der Waals surface area contributed by atoms with Gasteiger partial charge in [0.1, 0.15) is 5.75 Å². The molecule has 0 unspecified atom stereocenters. The standard InChI is InChI=1S/C15H25NO/c1-12(2)9-10-16-11-14-5-7-15(8-6-14)17-13(3)4/h5-8,12-13,16H,9-11H2,1-4H3. The molecule has 0 spiro atoms. The van der Waals surface area contributed by atoms with Crippen molar-refractivity contribution in [3.63, 3.8) is 0 Å². The van der Waals surface area contributed by atoms with Crippen LogP contribution >= 0.6 is 0 Å². The van der Waals surface area contributed by atoms with Crippen LogP contribution in [0, 0.1) is 5.92 Å². The van der Waals surface area contributed by atoms with Crippen molar-refractivity contribution in [1.82, 2.24) is 5.32 Å². The average molecular weight is 235 g/mol. The number of hydrogen-bond donors (Lipinski definition) is 1. The maximum Gasteiger partial charge on any atom is 0.119 e. The summed E-state index contributed by atoms with van der Waals surface area (Å²) in [6, 6.07) is 8.33. The molecule has 0 aliphatic rings. The van der Waals surface area contributed by atoms with Crippen LogP contribution in [0.1, 0.15) is 39.7 Å². The molecule has 0 heterocycles. The van der Waals surface area contributed by atoms with Crippen molar-refractivity contribution in [2.24, 2.45) is 5.92 Å². The maximum atomic E-state index is 5.61. The van der Waals surface area contributed by atoms with Crippen LogP contribution in [0.4, 0.5) is 0 Å². The highest BCUT2D eigenvalue weighted by Crippen LogP contribution is 2.13. The Labute approximate surface area is 105 Å². The van der Waals surface area contributed by atoms with Gasteiger partial charge in [0.15, 0.2) is 0 Å². The van der Waals surface area contributed by atoms with E-state index in [4.69, 9.17) is 4.74 Å². The fourth-order valence-corrected chi connectivity index (χ4v) is 1.58. The second kappa shape index (κ2) is 7.33. The summed E-state index contributed by atoms with van der Waals surface area (Å²) < 4.78 is 5.61. The molecule has 0 fully saturated rings. The van der Waals surface area contributed by atoms with E-state index in [-0.39, 0.29) is 6.10 Å². The summed E-state index contributed by atoms with van der Waals surface area (Å²) in [7, 11) is 0. The number of hydrogen-bond acceptors (Lipinski definition) is 2. The zero-order chi connectivity index (χ0) is 12.7. The Balaban J connectivity index is 2.30. The van der Waals surface area contributed by atoms with E-state index in [0.29, 0.717) is 0 Å². The minimum atomic E-state index is 0.241. The van der Waals surface area contributed by atoms with Gasteiger partial charge in [-0.05, 0) is 50.4 Å². The molecule has 2 heteroatoms. The van der Waals surface area contributed by atoms with Crippen molar-refractivity contribution in [1.29, 1.82) is 0 Å². The quantitative estimate of drug-likeness (QED) is 0.729. The largest absolute Gasteiger partial charge is 0.491 e. The number of ether oxygens (including phenoxy) is 1. The fourth-order valence-electron chi connectivity index (χ4n) is 1.58. The topological polar surface area (TPSA) is 21.3 Å². The van der Waals surface area contributed by atoms with Gasteiger partial charge in [0.2, 0.25) is 0 Å². The summed E-state index contributed by atoms with van der Waals surface area (Å²) in [5.74, 6) is 1.72. The molecule has 2 nitrogen and oxygen atoms in total. The Morgan fingerprint density at radius 3 is 2.24 bits per heavy atom. The zero-order valence-corrected chi connectivity index (χ0v) is 11.5. The van der Waals surface area contributed by atoms with Crippen LogP contribution in [0.25, 0.3) is 0 Å². The molecule has 17 heavy (non-hydrogen) atoms. The lowest BCUT2D eigenvalue weighted by Crippen LogP contribution is -2.16. The van der Waals surface area contributed by atoms with E-state index in [9.17, 15) is 0 Å². The van der Waals surface area contributed by atoms with Gasteiger partial charge in [-0.15, -0.1) is 0 Å². The molecule has 0 saturated carbocycles. The molecule has 0 aromatic heterocycles. The first-order valence-corrected chi connectivity index (χ1v) is 6.54. The Morgan fingerprint density at radius 2 is 1.71 bits per heavy atom. The highest BCUT2D eigenvalue weighted by molar-refractivity contribution is 5.27. The van der Waals surface area contributed by atoms with E-state index < -0.39 is 0 Å². The Morgan fingerprint density at radius 1 is 1.06 bits per heavy atom. The van der Waals surface area contributed by atoms with Gasteiger partial charge < -0.3 is 10.1 Å². The maximum absolute atomic E-state index is 5.61. The summed E-state index contributed by atoms with van der Waals surface area (Å²) in [6.07, 6.45) is 1.47. The summed E-state index contributed by atoms with van der Waals surface area (Å²) >= 11 is 0. The first-order valence-electron chi connectivity index (χ1n) is 6.54. The van der Waals surface area contributed by atoms with Gasteiger partial charge in [0, 0.05) is 6.54 Å². The molecule has 0 aliphatic heterocycles. The first kappa shape index (κ1) is 14.0. The predicted octanol–water partition coefficient (Wildman–Crippen LogP) is 3.61. The van der Waals surface area contributed by atoms with Crippen LogP contribution in [-0.4, -0.2) is 12.6 Å². The molecule has 0 bridgehead atoms. The van der Waals surface area contributed by atoms with E-state index in [0.717, 1.165) is 24.8 Å². The Hall–Kier alpha value is -1.02. The Kier molecular flexibility index (Phi) is 6.06. The molecule has 1 aromatic carbocycles. The SMILES string of the molecule is CC(C)CCNCc1ccc(OC(C)C)cc1. The van der Waals surface area contributed by atoms with Gasteiger partial charge in [-0.1, -0.05) is 26.0 Å². The minimum absolute atomic E-state index is 0.241. The molecule has 96 valence electrons. The van der Waals surface area contributed by atoms with E-state index in [1.807, 2.05) is 26.0 Å². The number of benzene rings is 1. The fraction of sp³-hybridized carbons (Fsp3) is 0.600. The molecule has 0 atom stereocenters. The third-order valence-corrected chi connectivity index (χ3v) is 2.52. The van der Waals surface area contributed by atoms with Gasteiger partial charge in [-0.3, -0.25) is 0 Å². The Bertz CT molecular complexity index is 303. The molecular formula is C15H25NO. The number of rotatable bonds is 7. The molecule has 1 rings (SSSR count). The third kappa shape index (κ3) is 6.32. The third-order valence-electron chi connectivity index (χ3n) is 2.52. The van der Waals surface area contributed by atoms with Crippen molar-refractivity contribution in [3.8, 4) is 5.75 Å². The highest BCUT2D eigenvalue weighted by Gasteiger charge is 1.98. The summed E-state index contributed by atoms with van der Waals surface area (Å²) in [5, 5.41) is 3.45. The van der Waals surface area contributed by atoms with Crippen LogP contribution in [0.5, 0.6) is 5.75 Å². The lowest BCUT2D eigenvalue weighted by atomic mass is 10.1. The van der Waals surface area contributed by atoms with Crippen molar-refractivity contribution < 1.29 is 4.74 Å². The first-order chi connectivity index (χ1) is 8.08. The van der Waals surface area contributed by atoms with Crippen molar-refractivity contribution in [3.05, 3.63) is 29.8 Å². The minimum Gasteiger partial charge on any atom is -0.491 e. The van der Waals surface area contributed by atoms with E-state index in [2.05, 4.69) is 31.3 Å². The van der Waals surface area contributed by atoms with Crippen LogP contribution in [0.15, 0.2) is 24.3 Å².